The van der Waals surface area contributed by atoms with Crippen molar-refractivity contribution in [2.45, 2.75) is 33.3 Å². The van der Waals surface area contributed by atoms with Crippen LogP contribution in [0.15, 0.2) is 11.8 Å². The zero-order valence-corrected chi connectivity index (χ0v) is 15.2. The van der Waals surface area contributed by atoms with Gasteiger partial charge in [0.15, 0.2) is 5.78 Å². The van der Waals surface area contributed by atoms with Crippen LogP contribution in [0.3, 0.4) is 0 Å². The minimum atomic E-state index is -0.574. The molecule has 0 rings (SSSR count). The molecule has 0 aliphatic carbocycles. The Morgan fingerprint density at radius 2 is 1.86 bits per heavy atom. The van der Waals surface area contributed by atoms with Crippen molar-refractivity contribution in [3.63, 3.8) is 0 Å². The Labute approximate surface area is 139 Å². The summed E-state index contributed by atoms with van der Waals surface area (Å²) in [6.07, 6.45) is 0.953. The Bertz CT molecular complexity index is 236. The molecule has 0 saturated carbocycles. The molecule has 0 bridgehead atoms. The number of methoxy groups -OCH3 is 1. The first-order valence-electron chi connectivity index (χ1n) is 6.46. The number of hydrogen-bond acceptors (Lipinski definition) is 6. The number of carbonyl (C=O) groups is 1. The number of likely N-dealkylation sites (N-methyl/N-ethyl adjacent to an activating group) is 1. The Morgan fingerprint density at radius 3 is 1.90 bits per heavy atom. The van der Waals surface area contributed by atoms with Gasteiger partial charge in [-0.3, -0.25) is 4.79 Å². The Kier molecular flexibility index (Phi) is 29.9. The van der Waals surface area contributed by atoms with Crippen LogP contribution in [0.4, 0.5) is 0 Å². The minimum absolute atomic E-state index is 0. The number of nitrogens with zero attached hydrogens (tertiary/aromatic N) is 1. The summed E-state index contributed by atoms with van der Waals surface area (Å²) in [6, 6.07) is 0. The normalized spacial score (nSPS) is 11.4. The fraction of sp³-hybridized carbons (Fsp3) is 0.786. The number of ether oxygens (including phenoxy) is 1. The van der Waals surface area contributed by atoms with E-state index in [0.717, 1.165) is 6.08 Å². The van der Waals surface area contributed by atoms with E-state index in [0.29, 0.717) is 19.6 Å². The van der Waals surface area contributed by atoms with E-state index in [-0.39, 0.29) is 35.5 Å². The first kappa shape index (κ1) is 28.7. The Balaban J connectivity index is -0.000000102. The van der Waals surface area contributed by atoms with E-state index in [1.807, 2.05) is 19.0 Å². The van der Waals surface area contributed by atoms with Crippen molar-refractivity contribution >= 4 is 23.1 Å². The van der Waals surface area contributed by atoms with Crippen LogP contribution in [-0.2, 0) is 9.53 Å². The summed E-state index contributed by atoms with van der Waals surface area (Å²) in [4.78, 5) is 12.0. The van der Waals surface area contributed by atoms with Gasteiger partial charge in [-0.25, -0.2) is 0 Å². The minimum Gasteiger partial charge on any atom is -0.875 e. The number of ketones is 1. The van der Waals surface area contributed by atoms with Crippen molar-refractivity contribution in [1.82, 2.24) is 4.90 Å². The van der Waals surface area contributed by atoms with Crippen molar-refractivity contribution in [3.8, 4) is 0 Å². The monoisotopic (exact) mass is 317 g/mol. The van der Waals surface area contributed by atoms with E-state index in [2.05, 4.69) is 4.74 Å². The Morgan fingerprint density at radius 1 is 1.38 bits per heavy atom. The fourth-order valence-corrected chi connectivity index (χ4v) is 0.746. The molecule has 0 radical (unpaired) electrons. The molecule has 0 aliphatic rings. The van der Waals surface area contributed by atoms with Crippen molar-refractivity contribution in [2.24, 2.45) is 0 Å². The van der Waals surface area contributed by atoms with Gasteiger partial charge in [-0.1, -0.05) is 13.8 Å². The van der Waals surface area contributed by atoms with Crippen LogP contribution in [0.2, 0.25) is 0 Å². The van der Waals surface area contributed by atoms with Crippen LogP contribution < -0.4 is 15.3 Å². The van der Waals surface area contributed by atoms with Gasteiger partial charge in [-0.05, 0) is 40.1 Å². The smallest absolute Gasteiger partial charge is 0.875 e. The molecule has 0 fully saturated rings. The standard InChI is InChI=1S/C6H10O2.C4H10NO.C4H9O2.Al/c1-3-6(8)4-5(2)7;1-5(2)3-4-6;1-4(5)3-6-2;/h4,8H,3H2,1-2H3;3-4H2,1-2H3;4H,3H2,1-2H3;/q;2*-1;+3/p-1. The average molecular weight is 317 g/mol. The first-order chi connectivity index (χ1) is 9.20. The third kappa shape index (κ3) is 45.1. The molecular formula is C14H28AlNO5. The summed E-state index contributed by atoms with van der Waals surface area (Å²) in [7, 11) is 5.30. The van der Waals surface area contributed by atoms with Crippen LogP contribution >= 0.6 is 0 Å². The molecule has 0 aromatic heterocycles. The molecule has 0 heterocycles. The topological polar surface area (TPSA) is 98.7 Å². The van der Waals surface area contributed by atoms with Gasteiger partial charge in [-0.15, -0.1) is 18.5 Å². The maximum Gasteiger partial charge on any atom is 3.00 e. The molecule has 0 saturated heterocycles. The second-order valence-electron chi connectivity index (χ2n) is 4.35. The molecule has 6 nitrogen and oxygen atoms in total. The van der Waals surface area contributed by atoms with Crippen molar-refractivity contribution in [2.75, 3.05) is 41.0 Å². The van der Waals surface area contributed by atoms with Crippen molar-refractivity contribution < 1.29 is 24.9 Å². The molecule has 122 valence electrons. The fourth-order valence-electron chi connectivity index (χ4n) is 0.746. The number of allylic oxidation sites excluding steroid dienone is 2. The van der Waals surface area contributed by atoms with E-state index in [4.69, 9.17) is 0 Å². The van der Waals surface area contributed by atoms with Crippen LogP contribution in [-0.4, -0.2) is 75.1 Å². The van der Waals surface area contributed by atoms with Gasteiger partial charge in [-0.2, -0.15) is 0 Å². The van der Waals surface area contributed by atoms with Crippen LogP contribution in [0.25, 0.3) is 0 Å². The van der Waals surface area contributed by atoms with Gasteiger partial charge in [0.1, 0.15) is 0 Å². The Hall–Kier alpha value is -0.418. The summed E-state index contributed by atoms with van der Waals surface area (Å²) in [5.41, 5.74) is 0. The molecule has 0 aromatic rings. The predicted octanol–water partition coefficient (Wildman–Crippen LogP) is -1.86. The average Bonchev–Trinajstić information content (AvgIpc) is 2.29. The molecule has 1 unspecified atom stereocenters. The summed E-state index contributed by atoms with van der Waals surface area (Å²) in [5.74, 6) is -0.269. The third-order valence-corrected chi connectivity index (χ3v) is 1.65. The van der Waals surface area contributed by atoms with Crippen LogP contribution in [0, 0.1) is 0 Å². The summed E-state index contributed by atoms with van der Waals surface area (Å²) < 4.78 is 4.49. The predicted molar refractivity (Wildman–Crippen MR) is 79.6 cm³/mol. The van der Waals surface area contributed by atoms with E-state index in [1.54, 1.807) is 13.8 Å². The number of rotatable bonds is 6. The zero-order chi connectivity index (χ0) is 16.6. The van der Waals surface area contributed by atoms with Crippen molar-refractivity contribution in [3.05, 3.63) is 11.8 Å². The van der Waals surface area contributed by atoms with Crippen molar-refractivity contribution in [1.29, 1.82) is 0 Å². The first-order valence-corrected chi connectivity index (χ1v) is 6.46. The largest absolute Gasteiger partial charge is 3.00 e. The van der Waals surface area contributed by atoms with Gasteiger partial charge in [0.2, 0.25) is 0 Å². The van der Waals surface area contributed by atoms with Gasteiger partial charge < -0.3 is 25.0 Å². The summed E-state index contributed by atoms with van der Waals surface area (Å²) >= 11 is 0. The maximum atomic E-state index is 10.3. The third-order valence-electron chi connectivity index (χ3n) is 1.65. The molecule has 0 spiro atoms. The van der Waals surface area contributed by atoms with Crippen LogP contribution in [0.1, 0.15) is 27.2 Å². The molecule has 0 amide bonds. The molecule has 21 heavy (non-hydrogen) atoms. The van der Waals surface area contributed by atoms with E-state index >= 15 is 0 Å². The summed E-state index contributed by atoms with van der Waals surface area (Å²) in [5, 5.41) is 30.0. The van der Waals surface area contributed by atoms with E-state index < -0.39 is 6.10 Å². The van der Waals surface area contributed by atoms with Gasteiger partial charge in [0, 0.05) is 13.7 Å². The van der Waals surface area contributed by atoms with Gasteiger partial charge in [0.25, 0.3) is 0 Å². The molecule has 0 aliphatic heterocycles. The second-order valence-corrected chi connectivity index (χ2v) is 4.35. The molecule has 0 N–H and O–H groups in total. The molecule has 0 aromatic carbocycles. The zero-order valence-electron chi connectivity index (χ0n) is 14.0. The molecule has 7 heteroatoms. The quantitative estimate of drug-likeness (QED) is 0.324. The second kappa shape index (κ2) is 21.9. The number of hydrogen-bond donors (Lipinski definition) is 0. The van der Waals surface area contributed by atoms with Crippen LogP contribution in [0.5, 0.6) is 0 Å². The SMILES string of the molecule is CCC([O-])=CC(C)=O.CN(C)CC[O-].COCC(C)[O-].[Al+3]. The molecular weight excluding hydrogens is 289 g/mol. The van der Waals surface area contributed by atoms with E-state index in [9.17, 15) is 20.1 Å². The van der Waals surface area contributed by atoms with E-state index in [1.165, 1.54) is 14.0 Å². The van der Waals surface area contributed by atoms with Gasteiger partial charge in [0.05, 0.1) is 0 Å². The van der Waals surface area contributed by atoms with Gasteiger partial charge >= 0.3 is 17.4 Å². The molecule has 1 atom stereocenters. The summed E-state index contributed by atoms with van der Waals surface area (Å²) in [6.45, 7) is 5.64. The maximum absolute atomic E-state index is 10.3. The number of carbonyl (C=O) groups excluding carboxylic acids is 1.